The highest BCUT2D eigenvalue weighted by atomic mass is 79.9. The molecule has 0 aliphatic rings. The second-order valence-corrected chi connectivity index (χ2v) is 7.29. The first-order valence-corrected chi connectivity index (χ1v) is 9.59. The van der Waals surface area contributed by atoms with Crippen molar-refractivity contribution in [3.05, 3.63) is 67.6 Å². The van der Waals surface area contributed by atoms with Crippen LogP contribution in [0.4, 0.5) is 0 Å². The molecular weight excluding hydrogens is 488 g/mol. The van der Waals surface area contributed by atoms with E-state index in [9.17, 15) is 9.59 Å². The van der Waals surface area contributed by atoms with Crippen molar-refractivity contribution >= 4 is 59.4 Å². The average molecular weight is 505 g/mol. The minimum Gasteiger partial charge on any atom is -0.295 e. The molecule has 0 aliphatic heterocycles. The topological polar surface area (TPSA) is 34.1 Å². The van der Waals surface area contributed by atoms with Crippen LogP contribution in [0.5, 0.6) is 0 Å². The first kappa shape index (κ1) is 20.3. The molecule has 0 saturated heterocycles. The van der Waals surface area contributed by atoms with Crippen molar-refractivity contribution in [3.63, 3.8) is 0 Å². The first-order chi connectivity index (χ1) is 10.8. The molecule has 2 rings (SSSR count). The van der Waals surface area contributed by atoms with Crippen LogP contribution in [0.3, 0.4) is 0 Å². The van der Waals surface area contributed by atoms with Gasteiger partial charge in [0, 0.05) is 25.4 Å². The van der Waals surface area contributed by atoms with Gasteiger partial charge in [-0.1, -0.05) is 72.1 Å². The number of rotatable bonds is 3. The number of aryl methyl sites for hydroxylation is 1. The third-order valence-electron chi connectivity index (χ3n) is 3.18. The monoisotopic (exact) mass is 502 g/mol. The van der Waals surface area contributed by atoms with Crippen LogP contribution in [0, 0.1) is 6.92 Å². The van der Waals surface area contributed by atoms with E-state index in [2.05, 4.69) is 47.8 Å². The lowest BCUT2D eigenvalue weighted by molar-refractivity contribution is 0.100. The largest absolute Gasteiger partial charge is 0.295 e. The Morgan fingerprint density at radius 2 is 1.35 bits per heavy atom. The highest BCUT2D eigenvalue weighted by Crippen LogP contribution is 2.21. The molecule has 0 aliphatic carbocycles. The van der Waals surface area contributed by atoms with E-state index in [1.165, 1.54) is 0 Å². The summed E-state index contributed by atoms with van der Waals surface area (Å²) in [7, 11) is 0. The van der Waals surface area contributed by atoms with Crippen LogP contribution in [0.1, 0.15) is 45.7 Å². The molecule has 122 valence electrons. The lowest BCUT2D eigenvalue weighted by atomic mass is 10.1. The number of hydrogen-bond acceptors (Lipinski definition) is 2. The normalized spacial score (nSPS) is 9.83. The molecule has 0 saturated carbocycles. The molecule has 0 radical (unpaired) electrons. The molecule has 0 amide bonds. The van der Waals surface area contributed by atoms with Gasteiger partial charge < -0.3 is 0 Å². The SMILES string of the molecule is CC(=O)c1ccc(C)c(Br)c1.CC(=O)c1ccc(CBr)c(Br)c1. The van der Waals surface area contributed by atoms with Gasteiger partial charge in [-0.05, 0) is 44.0 Å². The molecule has 0 aromatic heterocycles. The molecule has 0 bridgehead atoms. The van der Waals surface area contributed by atoms with Crippen molar-refractivity contribution in [1.82, 2.24) is 0 Å². The summed E-state index contributed by atoms with van der Waals surface area (Å²) in [5, 5.41) is 0.797. The van der Waals surface area contributed by atoms with E-state index in [0.29, 0.717) is 0 Å². The number of carbonyl (C=O) groups excluding carboxylic acids is 2. The van der Waals surface area contributed by atoms with Gasteiger partial charge in [0.05, 0.1) is 0 Å². The Balaban J connectivity index is 0.000000231. The highest BCUT2D eigenvalue weighted by molar-refractivity contribution is 9.11. The fraction of sp³-hybridized carbons (Fsp3) is 0.222. The summed E-state index contributed by atoms with van der Waals surface area (Å²) in [6.07, 6.45) is 0. The van der Waals surface area contributed by atoms with Gasteiger partial charge in [-0.3, -0.25) is 9.59 Å². The summed E-state index contributed by atoms with van der Waals surface area (Å²) in [6, 6.07) is 11.2. The molecule has 0 atom stereocenters. The molecule has 2 nitrogen and oxygen atoms in total. The van der Waals surface area contributed by atoms with Crippen molar-refractivity contribution in [2.45, 2.75) is 26.1 Å². The number of Topliss-reactive ketones (excluding diaryl/α,β-unsaturated/α-hetero) is 2. The van der Waals surface area contributed by atoms with Crippen molar-refractivity contribution in [2.75, 3.05) is 0 Å². The minimum absolute atomic E-state index is 0.0943. The zero-order valence-corrected chi connectivity index (χ0v) is 17.9. The second-order valence-electron chi connectivity index (χ2n) is 5.02. The van der Waals surface area contributed by atoms with E-state index in [0.717, 1.165) is 36.5 Å². The lowest BCUT2D eigenvalue weighted by Crippen LogP contribution is -1.92. The third-order valence-corrected chi connectivity index (χ3v) is 5.38. The number of benzene rings is 2. The Kier molecular flexibility index (Phi) is 8.37. The molecule has 0 unspecified atom stereocenters. The zero-order chi connectivity index (χ0) is 17.6. The summed E-state index contributed by atoms with van der Waals surface area (Å²) < 4.78 is 1.97. The van der Waals surface area contributed by atoms with Gasteiger partial charge >= 0.3 is 0 Å². The molecule has 0 N–H and O–H groups in total. The fourth-order valence-electron chi connectivity index (χ4n) is 1.69. The Morgan fingerprint density at radius 1 is 0.870 bits per heavy atom. The van der Waals surface area contributed by atoms with Gasteiger partial charge in [-0.2, -0.15) is 0 Å². The molecule has 5 heteroatoms. The van der Waals surface area contributed by atoms with E-state index in [1.54, 1.807) is 13.8 Å². The Labute approximate surface area is 162 Å². The van der Waals surface area contributed by atoms with Crippen LogP contribution in [-0.2, 0) is 5.33 Å². The highest BCUT2D eigenvalue weighted by Gasteiger charge is 2.03. The Morgan fingerprint density at radius 3 is 1.74 bits per heavy atom. The van der Waals surface area contributed by atoms with E-state index < -0.39 is 0 Å². The van der Waals surface area contributed by atoms with Gasteiger partial charge in [0.1, 0.15) is 0 Å². The quantitative estimate of drug-likeness (QED) is 0.353. The number of halogens is 3. The Hall–Kier alpha value is -0.780. The molecule has 23 heavy (non-hydrogen) atoms. The van der Waals surface area contributed by atoms with Crippen molar-refractivity contribution in [1.29, 1.82) is 0 Å². The summed E-state index contributed by atoms with van der Waals surface area (Å²) in [5.74, 6) is 0.197. The van der Waals surface area contributed by atoms with E-state index in [4.69, 9.17) is 0 Å². The van der Waals surface area contributed by atoms with Crippen LogP contribution in [-0.4, -0.2) is 11.6 Å². The second kappa shape index (κ2) is 9.50. The molecule has 2 aromatic rings. The van der Waals surface area contributed by atoms with E-state index in [1.807, 2.05) is 43.3 Å². The van der Waals surface area contributed by atoms with Crippen LogP contribution in [0.25, 0.3) is 0 Å². The maximum atomic E-state index is 11.0. The summed E-state index contributed by atoms with van der Waals surface area (Å²) >= 11 is 10.1. The summed E-state index contributed by atoms with van der Waals surface area (Å²) in [6.45, 7) is 5.13. The number of ketones is 2. The maximum Gasteiger partial charge on any atom is 0.159 e. The minimum atomic E-state index is 0.0943. The van der Waals surface area contributed by atoms with Crippen LogP contribution in [0.2, 0.25) is 0 Å². The van der Waals surface area contributed by atoms with Gasteiger partial charge in [0.25, 0.3) is 0 Å². The maximum absolute atomic E-state index is 11.0. The average Bonchev–Trinajstić information content (AvgIpc) is 2.50. The lowest BCUT2D eigenvalue weighted by Gasteiger charge is -2.01. The van der Waals surface area contributed by atoms with Crippen LogP contribution in [0.15, 0.2) is 45.3 Å². The van der Waals surface area contributed by atoms with E-state index in [-0.39, 0.29) is 11.6 Å². The van der Waals surface area contributed by atoms with Gasteiger partial charge in [-0.15, -0.1) is 0 Å². The zero-order valence-electron chi connectivity index (χ0n) is 13.1. The standard InChI is InChI=1S/C9H8Br2O.C9H9BrO/c1-6(12)7-2-3-8(5-10)9(11)4-7;1-6-3-4-8(7(2)11)5-9(6)10/h2-4H,5H2,1H3;3-5H,1-2H3. The smallest absolute Gasteiger partial charge is 0.159 e. The van der Waals surface area contributed by atoms with Crippen LogP contribution < -0.4 is 0 Å². The fourth-order valence-corrected chi connectivity index (χ4v) is 3.45. The molecule has 0 spiro atoms. The molecule has 2 aromatic carbocycles. The number of alkyl halides is 1. The molecular formula is C18H17Br3O2. The number of hydrogen-bond donors (Lipinski definition) is 0. The third kappa shape index (κ3) is 6.32. The molecule has 0 fully saturated rings. The van der Waals surface area contributed by atoms with Gasteiger partial charge in [0.2, 0.25) is 0 Å². The van der Waals surface area contributed by atoms with Crippen molar-refractivity contribution in [2.24, 2.45) is 0 Å². The predicted molar refractivity (Wildman–Crippen MR) is 106 cm³/mol. The summed E-state index contributed by atoms with van der Waals surface area (Å²) in [5.41, 5.74) is 3.80. The summed E-state index contributed by atoms with van der Waals surface area (Å²) in [4.78, 5) is 21.9. The van der Waals surface area contributed by atoms with Gasteiger partial charge in [-0.25, -0.2) is 0 Å². The van der Waals surface area contributed by atoms with Crippen molar-refractivity contribution in [3.8, 4) is 0 Å². The van der Waals surface area contributed by atoms with Crippen molar-refractivity contribution < 1.29 is 9.59 Å². The van der Waals surface area contributed by atoms with Gasteiger partial charge in [0.15, 0.2) is 11.6 Å². The Bertz CT molecular complexity index is 724. The predicted octanol–water partition coefficient (Wildman–Crippen LogP) is 6.51. The molecule has 0 heterocycles. The van der Waals surface area contributed by atoms with Crippen LogP contribution >= 0.6 is 47.8 Å². The number of carbonyl (C=O) groups is 2. The van der Waals surface area contributed by atoms with E-state index >= 15 is 0 Å². The first-order valence-electron chi connectivity index (χ1n) is 6.88.